The number of ether oxygens (including phenoxy) is 1. The molecule has 21 heavy (non-hydrogen) atoms. The van der Waals surface area contributed by atoms with Gasteiger partial charge in [0.05, 0.1) is 13.7 Å². The average Bonchev–Trinajstić information content (AvgIpc) is 2.89. The molecule has 2 aromatic heterocycles. The van der Waals surface area contributed by atoms with Crippen LogP contribution in [0.5, 0.6) is 0 Å². The molecule has 1 aliphatic rings. The summed E-state index contributed by atoms with van der Waals surface area (Å²) in [4.78, 5) is 6.85. The third-order valence-electron chi connectivity index (χ3n) is 3.60. The number of aryl methyl sites for hydroxylation is 1. The summed E-state index contributed by atoms with van der Waals surface area (Å²) in [5.74, 6) is 0.138. The van der Waals surface area contributed by atoms with Crippen molar-refractivity contribution in [2.75, 3.05) is 12.3 Å². The Bertz CT molecular complexity index is 744. The SMILES string of the molecule is Cn1c[n+]([C@@H]2O[C@H](CO)[C@H](O)[C@@H]2O)c2[nH]c(N)nc(=S)c21. The largest absolute Gasteiger partial charge is 0.394 e. The van der Waals surface area contributed by atoms with Gasteiger partial charge in [-0.2, -0.15) is 4.98 Å². The highest BCUT2D eigenvalue weighted by Crippen LogP contribution is 2.26. The van der Waals surface area contributed by atoms with Crippen LogP contribution in [-0.2, 0) is 11.8 Å². The van der Waals surface area contributed by atoms with Crippen molar-refractivity contribution in [3.8, 4) is 0 Å². The number of hydrogen-bond acceptors (Lipinski definition) is 7. The van der Waals surface area contributed by atoms with Crippen LogP contribution in [0.25, 0.3) is 11.2 Å². The Morgan fingerprint density at radius 1 is 1.52 bits per heavy atom. The Morgan fingerprint density at radius 2 is 2.24 bits per heavy atom. The number of nitrogens with two attached hydrogens (primary N) is 1. The molecule has 9 nitrogen and oxygen atoms in total. The topological polar surface area (TPSA) is 133 Å². The number of aliphatic hydroxyl groups is 3. The molecule has 0 unspecified atom stereocenters. The van der Waals surface area contributed by atoms with Gasteiger partial charge in [-0.15, -0.1) is 0 Å². The van der Waals surface area contributed by atoms with Crippen molar-refractivity contribution in [1.82, 2.24) is 14.5 Å². The van der Waals surface area contributed by atoms with Crippen molar-refractivity contribution in [1.29, 1.82) is 0 Å². The summed E-state index contributed by atoms with van der Waals surface area (Å²) >= 11 is 5.18. The molecule has 114 valence electrons. The number of imidazole rings is 1. The summed E-state index contributed by atoms with van der Waals surface area (Å²) in [6, 6.07) is 0. The van der Waals surface area contributed by atoms with Gasteiger partial charge in [-0.05, 0) is 0 Å². The fourth-order valence-electron chi connectivity index (χ4n) is 2.58. The van der Waals surface area contributed by atoms with Crippen molar-refractivity contribution in [2.45, 2.75) is 24.5 Å². The van der Waals surface area contributed by atoms with Gasteiger partial charge in [0.1, 0.15) is 18.3 Å². The molecule has 0 amide bonds. The quantitative estimate of drug-likeness (QED) is 0.323. The molecular formula is C11H16N5O4S+. The van der Waals surface area contributed by atoms with Crippen LogP contribution >= 0.6 is 12.2 Å². The molecule has 1 aliphatic heterocycles. The molecule has 0 spiro atoms. The van der Waals surface area contributed by atoms with Crippen LogP contribution in [-0.4, -0.2) is 54.8 Å². The summed E-state index contributed by atoms with van der Waals surface area (Å²) < 4.78 is 9.11. The summed E-state index contributed by atoms with van der Waals surface area (Å²) in [5.41, 5.74) is 6.81. The second kappa shape index (κ2) is 5.00. The number of hydrogen-bond donors (Lipinski definition) is 5. The molecule has 1 fully saturated rings. The summed E-state index contributed by atoms with van der Waals surface area (Å²) in [7, 11) is 1.77. The van der Waals surface area contributed by atoms with Gasteiger partial charge < -0.3 is 25.8 Å². The standard InChI is InChI=1S/C11H15N5O4S/c1-15-3-16(8-5(15)9(21)14-11(12)13-8)10-7(19)6(18)4(2-17)20-10/h3-4,6-7,10,17-19H,2H2,1H3,(H2-,12,13,14,21)/p+1/t4-,6+,7+,10-/m1/s1. The van der Waals surface area contributed by atoms with E-state index in [0.717, 1.165) is 0 Å². The van der Waals surface area contributed by atoms with E-state index >= 15 is 0 Å². The molecule has 0 aromatic carbocycles. The Hall–Kier alpha value is -1.59. The Balaban J connectivity index is 2.16. The second-order valence-electron chi connectivity index (χ2n) is 4.99. The van der Waals surface area contributed by atoms with Gasteiger partial charge in [0, 0.05) is 0 Å². The van der Waals surface area contributed by atoms with Crippen molar-refractivity contribution in [2.24, 2.45) is 7.05 Å². The van der Waals surface area contributed by atoms with Gasteiger partial charge >= 0.3 is 0 Å². The third kappa shape index (κ3) is 2.12. The second-order valence-corrected chi connectivity index (χ2v) is 5.37. The molecule has 10 heteroatoms. The first-order valence-electron chi connectivity index (χ1n) is 6.32. The third-order valence-corrected chi connectivity index (χ3v) is 3.88. The highest BCUT2D eigenvalue weighted by molar-refractivity contribution is 7.71. The minimum absolute atomic E-state index is 0.138. The lowest BCUT2D eigenvalue weighted by Gasteiger charge is -2.12. The van der Waals surface area contributed by atoms with Crippen LogP contribution in [0.15, 0.2) is 6.33 Å². The molecule has 0 saturated carbocycles. The smallest absolute Gasteiger partial charge is 0.273 e. The lowest BCUT2D eigenvalue weighted by atomic mass is 10.1. The fraction of sp³-hybridized carbons (Fsp3) is 0.545. The number of nitrogens with zero attached hydrogens (tertiary/aromatic N) is 3. The number of aromatic nitrogens is 4. The van der Waals surface area contributed by atoms with Crippen LogP contribution < -0.4 is 10.3 Å². The van der Waals surface area contributed by atoms with Crippen LogP contribution in [0.3, 0.4) is 0 Å². The van der Waals surface area contributed by atoms with Gasteiger partial charge in [0.2, 0.25) is 11.7 Å². The van der Waals surface area contributed by atoms with E-state index in [9.17, 15) is 10.2 Å². The summed E-state index contributed by atoms with van der Waals surface area (Å²) in [6.07, 6.45) is -2.43. The molecule has 0 radical (unpaired) electrons. The predicted octanol–water partition coefficient (Wildman–Crippen LogP) is -1.89. The lowest BCUT2D eigenvalue weighted by Crippen LogP contribution is -2.46. The Labute approximate surface area is 124 Å². The molecular weight excluding hydrogens is 298 g/mol. The number of rotatable bonds is 2. The molecule has 3 heterocycles. The summed E-state index contributed by atoms with van der Waals surface area (Å²) in [6.45, 7) is -0.389. The summed E-state index contributed by atoms with van der Waals surface area (Å²) in [5, 5.41) is 29.1. The first-order valence-corrected chi connectivity index (χ1v) is 6.73. The zero-order valence-corrected chi connectivity index (χ0v) is 12.0. The monoisotopic (exact) mass is 314 g/mol. The first kappa shape index (κ1) is 14.4. The number of fused-ring (bicyclic) bond motifs is 1. The van der Waals surface area contributed by atoms with Crippen molar-refractivity contribution in [3.05, 3.63) is 11.0 Å². The van der Waals surface area contributed by atoms with Gasteiger partial charge in [0.25, 0.3) is 11.6 Å². The lowest BCUT2D eigenvalue weighted by molar-refractivity contribution is -0.745. The van der Waals surface area contributed by atoms with Crippen LogP contribution in [0.1, 0.15) is 6.23 Å². The molecule has 1 saturated heterocycles. The van der Waals surface area contributed by atoms with E-state index < -0.39 is 24.5 Å². The molecule has 3 rings (SSSR count). The fourth-order valence-corrected chi connectivity index (χ4v) is 2.92. The van der Waals surface area contributed by atoms with Gasteiger partial charge in [-0.1, -0.05) is 12.2 Å². The van der Waals surface area contributed by atoms with E-state index in [-0.39, 0.29) is 12.6 Å². The highest BCUT2D eigenvalue weighted by Gasteiger charge is 2.46. The maximum Gasteiger partial charge on any atom is 0.273 e. The zero-order chi connectivity index (χ0) is 15.3. The van der Waals surface area contributed by atoms with E-state index in [4.69, 9.17) is 27.8 Å². The van der Waals surface area contributed by atoms with E-state index in [1.807, 2.05) is 0 Å². The zero-order valence-electron chi connectivity index (χ0n) is 11.2. The minimum Gasteiger partial charge on any atom is -0.394 e. The molecule has 6 N–H and O–H groups in total. The number of nitrogen functional groups attached to an aromatic ring is 1. The average molecular weight is 314 g/mol. The van der Waals surface area contributed by atoms with Crippen LogP contribution in [0.4, 0.5) is 5.95 Å². The first-order chi connectivity index (χ1) is 9.93. The number of aromatic amines is 1. The highest BCUT2D eigenvalue weighted by atomic mass is 32.1. The maximum absolute atomic E-state index is 10.1. The predicted molar refractivity (Wildman–Crippen MR) is 73.5 cm³/mol. The van der Waals surface area contributed by atoms with Crippen molar-refractivity contribution >= 4 is 29.3 Å². The number of H-pyrrole nitrogens is 1. The molecule has 4 atom stereocenters. The molecule has 0 aliphatic carbocycles. The van der Waals surface area contributed by atoms with E-state index in [0.29, 0.717) is 15.8 Å². The van der Waals surface area contributed by atoms with Gasteiger partial charge in [-0.3, -0.25) is 4.57 Å². The van der Waals surface area contributed by atoms with Crippen LogP contribution in [0, 0.1) is 4.64 Å². The van der Waals surface area contributed by atoms with Crippen LogP contribution in [0.2, 0.25) is 0 Å². The Kier molecular flexibility index (Phi) is 3.42. The Morgan fingerprint density at radius 3 is 2.86 bits per heavy atom. The minimum atomic E-state index is -1.19. The van der Waals surface area contributed by atoms with Crippen molar-refractivity contribution < 1.29 is 24.6 Å². The normalized spacial score (nSPS) is 29.3. The van der Waals surface area contributed by atoms with E-state index in [1.54, 1.807) is 22.5 Å². The molecule has 2 aromatic rings. The van der Waals surface area contributed by atoms with Gasteiger partial charge in [0.15, 0.2) is 11.0 Å². The van der Waals surface area contributed by atoms with Crippen molar-refractivity contribution in [3.63, 3.8) is 0 Å². The molecule has 0 bridgehead atoms. The van der Waals surface area contributed by atoms with E-state index in [1.165, 1.54) is 0 Å². The number of aliphatic hydroxyl groups excluding tert-OH is 3. The van der Waals surface area contributed by atoms with E-state index in [2.05, 4.69) is 9.97 Å². The number of anilines is 1. The number of nitrogens with one attached hydrogen (secondary N) is 1. The van der Waals surface area contributed by atoms with Gasteiger partial charge in [-0.25, -0.2) is 9.55 Å². The maximum atomic E-state index is 10.1.